The molecule has 5 rings (SSSR count). The minimum absolute atomic E-state index is 0.0875. The van der Waals surface area contributed by atoms with Gasteiger partial charge in [0.15, 0.2) is 0 Å². The van der Waals surface area contributed by atoms with Gasteiger partial charge in [0, 0.05) is 54.9 Å². The molecule has 0 radical (unpaired) electrons. The van der Waals surface area contributed by atoms with Gasteiger partial charge in [-0.15, -0.1) is 0 Å². The van der Waals surface area contributed by atoms with E-state index in [-0.39, 0.29) is 30.7 Å². The average molecular weight is 617 g/mol. The SMILES string of the molecule is CCOC(=O)CCNC(=O)c1ccc2c(c1)nc1n2[C@@H](Cc2ccc(Cl)cc2)C(=O)Nc2ccc(N(C)CCN(C)C)cc2-1. The summed E-state index contributed by atoms with van der Waals surface area (Å²) in [7, 11) is 6.12. The first-order valence-corrected chi connectivity index (χ1v) is 15.0. The first kappa shape index (κ1) is 31.0. The number of aromatic nitrogens is 2. The largest absolute Gasteiger partial charge is 0.466 e. The molecule has 1 aliphatic rings. The summed E-state index contributed by atoms with van der Waals surface area (Å²) in [6.07, 6.45) is 0.505. The second-order valence-corrected chi connectivity index (χ2v) is 11.5. The van der Waals surface area contributed by atoms with Crippen molar-refractivity contribution in [3.8, 4) is 11.4 Å². The molecule has 2 amide bonds. The molecule has 230 valence electrons. The van der Waals surface area contributed by atoms with E-state index in [1.807, 2.05) is 68.2 Å². The Labute approximate surface area is 261 Å². The highest BCUT2D eigenvalue weighted by molar-refractivity contribution is 6.30. The van der Waals surface area contributed by atoms with Crippen molar-refractivity contribution in [2.75, 3.05) is 57.6 Å². The Kier molecular flexibility index (Phi) is 9.51. The first-order valence-electron chi connectivity index (χ1n) is 14.7. The molecule has 3 aromatic carbocycles. The second kappa shape index (κ2) is 13.5. The zero-order chi connectivity index (χ0) is 31.4. The molecule has 0 spiro atoms. The van der Waals surface area contributed by atoms with Crippen molar-refractivity contribution in [2.24, 2.45) is 0 Å². The number of fused-ring (bicyclic) bond motifs is 5. The lowest BCUT2D eigenvalue weighted by atomic mass is 10.0. The Hall–Kier alpha value is -4.41. The number of anilines is 2. The molecule has 4 aromatic rings. The molecule has 0 bridgehead atoms. The third kappa shape index (κ3) is 6.87. The van der Waals surface area contributed by atoms with E-state index in [1.165, 1.54) is 0 Å². The van der Waals surface area contributed by atoms with Crippen molar-refractivity contribution in [3.63, 3.8) is 0 Å². The van der Waals surface area contributed by atoms with Gasteiger partial charge in [-0.2, -0.15) is 0 Å². The fraction of sp³-hybridized carbons (Fsp3) is 0.333. The first-order chi connectivity index (χ1) is 21.1. The lowest BCUT2D eigenvalue weighted by Gasteiger charge is -2.22. The molecular weight excluding hydrogens is 580 g/mol. The number of nitrogens with zero attached hydrogens (tertiary/aromatic N) is 4. The summed E-state index contributed by atoms with van der Waals surface area (Å²) in [5, 5.41) is 6.53. The number of nitrogens with one attached hydrogen (secondary N) is 2. The van der Waals surface area contributed by atoms with Gasteiger partial charge in [-0.05, 0) is 75.1 Å². The maximum atomic E-state index is 13.8. The summed E-state index contributed by atoms with van der Waals surface area (Å²) >= 11 is 6.14. The molecule has 0 unspecified atom stereocenters. The predicted molar refractivity (Wildman–Crippen MR) is 173 cm³/mol. The Morgan fingerprint density at radius 2 is 1.82 bits per heavy atom. The third-order valence-corrected chi connectivity index (χ3v) is 7.91. The number of esters is 1. The van der Waals surface area contributed by atoms with Gasteiger partial charge in [-0.25, -0.2) is 4.98 Å². The van der Waals surface area contributed by atoms with Crippen LogP contribution < -0.4 is 15.5 Å². The van der Waals surface area contributed by atoms with Crippen LogP contribution in [-0.4, -0.2) is 79.6 Å². The summed E-state index contributed by atoms with van der Waals surface area (Å²) in [6, 6.07) is 18.1. The Morgan fingerprint density at radius 3 is 2.55 bits per heavy atom. The molecule has 0 fully saturated rings. The molecule has 11 heteroatoms. The molecule has 44 heavy (non-hydrogen) atoms. The monoisotopic (exact) mass is 616 g/mol. The standard InChI is InChI=1S/C33H37ClN6O4/c1-5-44-30(41)14-15-35-32(42)22-8-13-28-27(19-22)36-31-25-20-24(39(4)17-16-38(2)3)11-12-26(25)37-33(43)29(40(28)31)18-21-6-9-23(34)10-7-21/h6-13,19-20,29H,5,14-18H2,1-4H3,(H,35,42)(H,37,43)/t29-/m0/s1. The number of halogens is 1. The topological polar surface area (TPSA) is 109 Å². The zero-order valence-electron chi connectivity index (χ0n) is 25.4. The van der Waals surface area contributed by atoms with E-state index in [4.69, 9.17) is 21.3 Å². The van der Waals surface area contributed by atoms with Gasteiger partial charge in [0.05, 0.1) is 29.7 Å². The number of hydrogen-bond acceptors (Lipinski definition) is 7. The van der Waals surface area contributed by atoms with Crippen LogP contribution in [0.4, 0.5) is 11.4 Å². The van der Waals surface area contributed by atoms with E-state index in [9.17, 15) is 14.4 Å². The molecular formula is C33H37ClN6O4. The number of rotatable bonds is 11. The highest BCUT2D eigenvalue weighted by atomic mass is 35.5. The predicted octanol–water partition coefficient (Wildman–Crippen LogP) is 4.77. The fourth-order valence-electron chi connectivity index (χ4n) is 5.26. The van der Waals surface area contributed by atoms with E-state index in [2.05, 4.69) is 26.5 Å². The summed E-state index contributed by atoms with van der Waals surface area (Å²) in [4.78, 5) is 47.8. The number of hydrogen-bond donors (Lipinski definition) is 2. The molecule has 1 atom stereocenters. The van der Waals surface area contributed by atoms with Crippen molar-refractivity contribution < 1.29 is 19.1 Å². The van der Waals surface area contributed by atoms with E-state index in [1.54, 1.807) is 19.1 Å². The molecule has 2 N–H and O–H groups in total. The lowest BCUT2D eigenvalue weighted by molar-refractivity contribution is -0.142. The number of imidazole rings is 1. The van der Waals surface area contributed by atoms with Crippen LogP contribution in [0, 0.1) is 0 Å². The van der Waals surface area contributed by atoms with Crippen molar-refractivity contribution in [1.82, 2.24) is 19.8 Å². The van der Waals surface area contributed by atoms with Gasteiger partial charge >= 0.3 is 5.97 Å². The lowest BCUT2D eigenvalue weighted by Crippen LogP contribution is -2.28. The molecule has 0 saturated carbocycles. The summed E-state index contributed by atoms with van der Waals surface area (Å²) in [5.74, 6) is -0.208. The van der Waals surface area contributed by atoms with E-state index >= 15 is 0 Å². The van der Waals surface area contributed by atoms with Crippen LogP contribution in [0.15, 0.2) is 60.7 Å². The molecule has 2 heterocycles. The fourth-order valence-corrected chi connectivity index (χ4v) is 5.39. The van der Waals surface area contributed by atoms with Crippen LogP contribution >= 0.6 is 11.6 Å². The van der Waals surface area contributed by atoms with Crippen LogP contribution in [0.25, 0.3) is 22.4 Å². The number of ether oxygens (including phenoxy) is 1. The summed E-state index contributed by atoms with van der Waals surface area (Å²) in [6.45, 7) is 3.90. The van der Waals surface area contributed by atoms with Gasteiger partial charge in [0.25, 0.3) is 5.91 Å². The van der Waals surface area contributed by atoms with Gasteiger partial charge in [0.2, 0.25) is 5.91 Å². The Balaban J connectivity index is 1.56. The van der Waals surface area contributed by atoms with E-state index in [0.29, 0.717) is 40.6 Å². The van der Waals surface area contributed by atoms with E-state index < -0.39 is 6.04 Å². The van der Waals surface area contributed by atoms with Gasteiger partial charge < -0.3 is 29.7 Å². The minimum Gasteiger partial charge on any atom is -0.466 e. The third-order valence-electron chi connectivity index (χ3n) is 7.65. The van der Waals surface area contributed by atoms with Crippen LogP contribution in [0.5, 0.6) is 0 Å². The Morgan fingerprint density at radius 1 is 1.05 bits per heavy atom. The molecule has 1 aliphatic heterocycles. The summed E-state index contributed by atoms with van der Waals surface area (Å²) < 4.78 is 6.91. The number of carbonyl (C=O) groups excluding carboxylic acids is 3. The van der Waals surface area contributed by atoms with Crippen molar-refractivity contribution in [3.05, 3.63) is 76.8 Å². The molecule has 0 aliphatic carbocycles. The van der Waals surface area contributed by atoms with Crippen LogP contribution in [-0.2, 0) is 20.7 Å². The van der Waals surface area contributed by atoms with Gasteiger partial charge in [0.1, 0.15) is 11.9 Å². The maximum Gasteiger partial charge on any atom is 0.307 e. The van der Waals surface area contributed by atoms with Crippen LogP contribution in [0.1, 0.15) is 35.3 Å². The number of likely N-dealkylation sites (N-methyl/N-ethyl adjacent to an activating group) is 2. The molecule has 1 aromatic heterocycles. The van der Waals surface area contributed by atoms with Crippen molar-refractivity contribution in [2.45, 2.75) is 25.8 Å². The van der Waals surface area contributed by atoms with Crippen LogP contribution in [0.3, 0.4) is 0 Å². The van der Waals surface area contributed by atoms with Crippen molar-refractivity contribution >= 4 is 51.8 Å². The number of amides is 2. The van der Waals surface area contributed by atoms with Crippen molar-refractivity contribution in [1.29, 1.82) is 0 Å². The second-order valence-electron chi connectivity index (χ2n) is 11.1. The molecule has 10 nitrogen and oxygen atoms in total. The average Bonchev–Trinajstić information content (AvgIpc) is 3.33. The molecule has 0 saturated heterocycles. The van der Waals surface area contributed by atoms with E-state index in [0.717, 1.165) is 35.4 Å². The minimum atomic E-state index is -0.609. The van der Waals surface area contributed by atoms with Gasteiger partial charge in [-0.1, -0.05) is 23.7 Å². The normalized spacial score (nSPS) is 14.0. The quantitative estimate of drug-likeness (QED) is 0.234. The summed E-state index contributed by atoms with van der Waals surface area (Å²) in [5.41, 5.74) is 5.15. The van der Waals surface area contributed by atoms with Crippen LogP contribution in [0.2, 0.25) is 5.02 Å². The number of carbonyl (C=O) groups is 3. The Bertz CT molecular complexity index is 1680. The smallest absolute Gasteiger partial charge is 0.307 e. The zero-order valence-corrected chi connectivity index (χ0v) is 26.1. The highest BCUT2D eigenvalue weighted by Crippen LogP contribution is 2.39. The maximum absolute atomic E-state index is 13.8. The highest BCUT2D eigenvalue weighted by Gasteiger charge is 2.32. The van der Waals surface area contributed by atoms with Gasteiger partial charge in [-0.3, -0.25) is 14.4 Å². The number of benzene rings is 3.